The van der Waals surface area contributed by atoms with Gasteiger partial charge in [0.05, 0.1) is 6.61 Å². The van der Waals surface area contributed by atoms with Gasteiger partial charge < -0.3 is 14.9 Å². The summed E-state index contributed by atoms with van der Waals surface area (Å²) in [6.45, 7) is 7.70. The number of aliphatic hydroxyl groups is 1. The Morgan fingerprint density at radius 2 is 1.95 bits per heavy atom. The number of rotatable bonds is 5. The van der Waals surface area contributed by atoms with Gasteiger partial charge in [-0.3, -0.25) is 0 Å². The molecule has 0 bridgehead atoms. The summed E-state index contributed by atoms with van der Waals surface area (Å²) in [5.41, 5.74) is 2.05. The molecule has 1 aromatic heterocycles. The third-order valence-corrected chi connectivity index (χ3v) is 4.23. The number of anilines is 1. The minimum atomic E-state index is 0.0896. The molecule has 0 saturated carbocycles. The minimum absolute atomic E-state index is 0.0896. The fourth-order valence-corrected chi connectivity index (χ4v) is 3.00. The van der Waals surface area contributed by atoms with Crippen molar-refractivity contribution in [2.75, 3.05) is 38.6 Å². The first-order chi connectivity index (χ1) is 9.99. The van der Waals surface area contributed by atoms with Crippen molar-refractivity contribution < 1.29 is 5.11 Å². The largest absolute Gasteiger partial charge is 0.392 e. The minimum Gasteiger partial charge on any atom is -0.392 e. The monoisotopic (exact) mass is 291 g/mol. The standard InChI is InChI=1S/C17H29N3O/c1-13(2)16-9-15(12-21)10-17(18-16)20-7-5-14(6-8-20)11-19(3)4/h9-10,13-14,21H,5-8,11-12H2,1-4H3. The molecule has 0 unspecified atom stereocenters. The van der Waals surface area contributed by atoms with Gasteiger partial charge in [0.15, 0.2) is 0 Å². The second kappa shape index (κ2) is 7.23. The van der Waals surface area contributed by atoms with Crippen LogP contribution in [0.15, 0.2) is 12.1 Å². The molecule has 1 aromatic rings. The summed E-state index contributed by atoms with van der Waals surface area (Å²) in [7, 11) is 4.29. The van der Waals surface area contributed by atoms with Crippen LogP contribution in [0.1, 0.15) is 43.9 Å². The predicted molar refractivity (Wildman–Crippen MR) is 87.7 cm³/mol. The fourth-order valence-electron chi connectivity index (χ4n) is 3.00. The lowest BCUT2D eigenvalue weighted by atomic mass is 9.96. The zero-order valence-corrected chi connectivity index (χ0v) is 13.8. The molecule has 1 N–H and O–H groups in total. The van der Waals surface area contributed by atoms with Gasteiger partial charge >= 0.3 is 0 Å². The lowest BCUT2D eigenvalue weighted by molar-refractivity contribution is 0.280. The molecule has 0 radical (unpaired) electrons. The summed E-state index contributed by atoms with van der Waals surface area (Å²) >= 11 is 0. The Morgan fingerprint density at radius 3 is 2.48 bits per heavy atom. The van der Waals surface area contributed by atoms with E-state index in [1.807, 2.05) is 12.1 Å². The zero-order chi connectivity index (χ0) is 15.4. The van der Waals surface area contributed by atoms with Crippen molar-refractivity contribution in [2.45, 2.75) is 39.2 Å². The maximum Gasteiger partial charge on any atom is 0.129 e. The van der Waals surface area contributed by atoms with Crippen LogP contribution in [0, 0.1) is 5.92 Å². The Morgan fingerprint density at radius 1 is 1.29 bits per heavy atom. The van der Waals surface area contributed by atoms with E-state index in [-0.39, 0.29) is 6.61 Å². The molecular formula is C17H29N3O. The molecule has 0 spiro atoms. The highest BCUT2D eigenvalue weighted by molar-refractivity contribution is 5.43. The molecule has 0 amide bonds. The fraction of sp³-hybridized carbons (Fsp3) is 0.706. The average molecular weight is 291 g/mol. The van der Waals surface area contributed by atoms with E-state index in [4.69, 9.17) is 4.98 Å². The Kier molecular flexibility index (Phi) is 5.59. The molecule has 0 aromatic carbocycles. The first-order valence-electron chi connectivity index (χ1n) is 8.01. The van der Waals surface area contributed by atoms with Crippen molar-refractivity contribution in [3.05, 3.63) is 23.4 Å². The topological polar surface area (TPSA) is 39.6 Å². The molecule has 0 aliphatic carbocycles. The van der Waals surface area contributed by atoms with Gasteiger partial charge in [-0.1, -0.05) is 13.8 Å². The smallest absolute Gasteiger partial charge is 0.129 e. The molecule has 1 aliphatic heterocycles. The van der Waals surface area contributed by atoms with Crippen LogP contribution in [-0.4, -0.2) is 48.7 Å². The lowest BCUT2D eigenvalue weighted by Gasteiger charge is -2.34. The van der Waals surface area contributed by atoms with Crippen LogP contribution >= 0.6 is 0 Å². The van der Waals surface area contributed by atoms with Crippen LogP contribution in [0.4, 0.5) is 5.82 Å². The van der Waals surface area contributed by atoms with Gasteiger partial charge in [-0.05, 0) is 56.5 Å². The third-order valence-electron chi connectivity index (χ3n) is 4.23. The predicted octanol–water partition coefficient (Wildman–Crippen LogP) is 2.48. The van der Waals surface area contributed by atoms with Gasteiger partial charge in [-0.15, -0.1) is 0 Å². The number of aromatic nitrogens is 1. The van der Waals surface area contributed by atoms with Gasteiger partial charge in [-0.25, -0.2) is 4.98 Å². The summed E-state index contributed by atoms with van der Waals surface area (Å²) < 4.78 is 0. The molecule has 4 heteroatoms. The summed E-state index contributed by atoms with van der Waals surface area (Å²) in [6.07, 6.45) is 2.44. The van der Waals surface area contributed by atoms with Crippen LogP contribution in [0.3, 0.4) is 0 Å². The van der Waals surface area contributed by atoms with Crippen LogP contribution in [-0.2, 0) is 6.61 Å². The quantitative estimate of drug-likeness (QED) is 0.904. The highest BCUT2D eigenvalue weighted by Crippen LogP contribution is 2.25. The Balaban J connectivity index is 2.07. The SMILES string of the molecule is CC(C)c1cc(CO)cc(N2CCC(CN(C)C)CC2)n1. The van der Waals surface area contributed by atoms with Crippen molar-refractivity contribution >= 4 is 5.82 Å². The van der Waals surface area contributed by atoms with Crippen molar-refractivity contribution in [1.82, 2.24) is 9.88 Å². The first kappa shape index (κ1) is 16.2. The second-order valence-corrected chi connectivity index (χ2v) is 6.76. The van der Waals surface area contributed by atoms with E-state index >= 15 is 0 Å². The van der Waals surface area contributed by atoms with Crippen molar-refractivity contribution in [3.8, 4) is 0 Å². The van der Waals surface area contributed by atoms with Gasteiger partial charge in [0.1, 0.15) is 5.82 Å². The van der Waals surface area contributed by atoms with E-state index < -0.39 is 0 Å². The van der Waals surface area contributed by atoms with E-state index in [0.29, 0.717) is 5.92 Å². The van der Waals surface area contributed by atoms with E-state index in [1.54, 1.807) is 0 Å². The third kappa shape index (κ3) is 4.42. The molecule has 4 nitrogen and oxygen atoms in total. The second-order valence-electron chi connectivity index (χ2n) is 6.76. The molecular weight excluding hydrogens is 262 g/mol. The number of hydrogen-bond donors (Lipinski definition) is 1. The highest BCUT2D eigenvalue weighted by Gasteiger charge is 2.21. The molecule has 1 aliphatic rings. The van der Waals surface area contributed by atoms with Crippen molar-refractivity contribution in [2.24, 2.45) is 5.92 Å². The number of pyridine rings is 1. The summed E-state index contributed by atoms with van der Waals surface area (Å²) in [4.78, 5) is 9.45. The average Bonchev–Trinajstić information content (AvgIpc) is 2.46. The van der Waals surface area contributed by atoms with E-state index in [0.717, 1.165) is 36.1 Å². The first-order valence-corrected chi connectivity index (χ1v) is 8.01. The van der Waals surface area contributed by atoms with Gasteiger partial charge in [-0.2, -0.15) is 0 Å². The summed E-state index contributed by atoms with van der Waals surface area (Å²) in [6, 6.07) is 4.06. The Bertz CT molecular complexity index is 451. The van der Waals surface area contributed by atoms with Crippen molar-refractivity contribution in [1.29, 1.82) is 0 Å². The zero-order valence-electron chi connectivity index (χ0n) is 13.8. The number of hydrogen-bond acceptors (Lipinski definition) is 4. The number of piperidine rings is 1. The van der Waals surface area contributed by atoms with E-state index in [2.05, 4.69) is 37.7 Å². The van der Waals surface area contributed by atoms with Gasteiger partial charge in [0.2, 0.25) is 0 Å². The van der Waals surface area contributed by atoms with Crippen LogP contribution in [0.2, 0.25) is 0 Å². The van der Waals surface area contributed by atoms with E-state index in [9.17, 15) is 5.11 Å². The molecule has 1 saturated heterocycles. The maximum atomic E-state index is 9.46. The molecule has 2 heterocycles. The summed E-state index contributed by atoms with van der Waals surface area (Å²) in [5.74, 6) is 2.22. The van der Waals surface area contributed by atoms with Crippen LogP contribution in [0.25, 0.3) is 0 Å². The van der Waals surface area contributed by atoms with Gasteiger partial charge in [0, 0.05) is 25.3 Å². The Hall–Kier alpha value is -1.13. The highest BCUT2D eigenvalue weighted by atomic mass is 16.3. The van der Waals surface area contributed by atoms with Crippen molar-refractivity contribution in [3.63, 3.8) is 0 Å². The van der Waals surface area contributed by atoms with Gasteiger partial charge in [0.25, 0.3) is 0 Å². The Labute approximate surface area is 128 Å². The molecule has 21 heavy (non-hydrogen) atoms. The lowest BCUT2D eigenvalue weighted by Crippen LogP contribution is -2.37. The molecule has 1 fully saturated rings. The number of aliphatic hydroxyl groups excluding tert-OH is 1. The maximum absolute atomic E-state index is 9.46. The molecule has 118 valence electrons. The summed E-state index contributed by atoms with van der Waals surface area (Å²) in [5, 5.41) is 9.46. The molecule has 0 atom stereocenters. The van der Waals surface area contributed by atoms with Crippen LogP contribution in [0.5, 0.6) is 0 Å². The number of nitrogens with zero attached hydrogens (tertiary/aromatic N) is 3. The van der Waals surface area contributed by atoms with E-state index in [1.165, 1.54) is 19.4 Å². The molecule has 2 rings (SSSR count). The van der Waals surface area contributed by atoms with Crippen LogP contribution < -0.4 is 4.90 Å². The normalized spacial score (nSPS) is 17.0.